The number of hydrogen-bond donors (Lipinski definition) is 0. The third-order valence-corrected chi connectivity index (χ3v) is 9.55. The van der Waals surface area contributed by atoms with Gasteiger partial charge in [-0.25, -0.2) is 0 Å². The van der Waals surface area contributed by atoms with E-state index in [0.717, 1.165) is 25.7 Å². The Morgan fingerprint density at radius 1 is 1.30 bits per heavy atom. The summed E-state index contributed by atoms with van der Waals surface area (Å²) in [5.41, 5.74) is 0. The van der Waals surface area contributed by atoms with Crippen molar-refractivity contribution in [3.05, 3.63) is 12.7 Å². The van der Waals surface area contributed by atoms with Gasteiger partial charge in [-0.05, 0) is 58.2 Å². The highest BCUT2D eigenvalue weighted by Gasteiger charge is 2.43. The zero-order valence-electron chi connectivity index (χ0n) is 16.6. The standard InChI is InChI=1S/C19H38O3Si/c1-10-11-12-13-16(22-23(8,9)18(3,4)5)17-14-15(2)20-19(6,7)21-17/h10,15-17H,1,11-14H2,2-9H3/t15-,16+,17+/m0/s1. The molecule has 0 aromatic rings. The second kappa shape index (κ2) is 7.81. The van der Waals surface area contributed by atoms with Crippen molar-refractivity contribution in [2.24, 2.45) is 0 Å². The molecule has 0 bridgehead atoms. The van der Waals surface area contributed by atoms with Crippen LogP contribution in [0.4, 0.5) is 0 Å². The van der Waals surface area contributed by atoms with Gasteiger partial charge in [-0.1, -0.05) is 26.8 Å². The van der Waals surface area contributed by atoms with E-state index in [4.69, 9.17) is 13.9 Å². The zero-order chi connectivity index (χ0) is 17.9. The van der Waals surface area contributed by atoms with Crippen LogP contribution >= 0.6 is 0 Å². The molecule has 0 N–H and O–H groups in total. The molecule has 0 saturated carbocycles. The van der Waals surface area contributed by atoms with E-state index in [9.17, 15) is 0 Å². The lowest BCUT2D eigenvalue weighted by atomic mass is 10.00. The Balaban J connectivity index is 2.89. The van der Waals surface area contributed by atoms with Crippen molar-refractivity contribution in [3.8, 4) is 0 Å². The molecule has 0 aliphatic carbocycles. The molecule has 0 radical (unpaired) electrons. The van der Waals surface area contributed by atoms with E-state index in [1.165, 1.54) is 0 Å². The fourth-order valence-corrected chi connectivity index (χ4v) is 4.25. The Labute approximate surface area is 144 Å². The summed E-state index contributed by atoms with van der Waals surface area (Å²) in [5.74, 6) is -0.532. The minimum atomic E-state index is -1.83. The topological polar surface area (TPSA) is 27.7 Å². The molecule has 0 spiro atoms. The third-order valence-electron chi connectivity index (χ3n) is 5.05. The molecule has 0 amide bonds. The Morgan fingerprint density at radius 3 is 2.39 bits per heavy atom. The summed E-state index contributed by atoms with van der Waals surface area (Å²) < 4.78 is 18.9. The maximum absolute atomic E-state index is 6.75. The molecule has 1 fully saturated rings. The van der Waals surface area contributed by atoms with Gasteiger partial charge in [0.1, 0.15) is 0 Å². The SMILES string of the molecule is C=CCCC[C@@H](O[Si](C)(C)C(C)(C)C)[C@H]1C[C@H](C)OC(C)(C)O1. The molecule has 1 saturated heterocycles. The van der Waals surface area contributed by atoms with Crippen LogP contribution in [0.25, 0.3) is 0 Å². The van der Waals surface area contributed by atoms with Crippen LogP contribution in [0.15, 0.2) is 12.7 Å². The van der Waals surface area contributed by atoms with Gasteiger partial charge in [0, 0.05) is 6.42 Å². The second-order valence-corrected chi connectivity index (χ2v) is 13.6. The summed E-state index contributed by atoms with van der Waals surface area (Å²) in [6.45, 7) is 21.5. The molecule has 0 unspecified atom stereocenters. The van der Waals surface area contributed by atoms with Crippen molar-refractivity contribution >= 4 is 8.32 Å². The number of ether oxygens (including phenoxy) is 2. The van der Waals surface area contributed by atoms with Crippen LogP contribution in [0.1, 0.15) is 67.2 Å². The highest BCUT2D eigenvalue weighted by molar-refractivity contribution is 6.74. The summed E-state index contributed by atoms with van der Waals surface area (Å²) >= 11 is 0. The molecule has 0 aromatic heterocycles. The average Bonchev–Trinajstić information content (AvgIpc) is 2.33. The third kappa shape index (κ3) is 6.33. The highest BCUT2D eigenvalue weighted by atomic mass is 28.4. The van der Waals surface area contributed by atoms with Crippen molar-refractivity contribution in [3.63, 3.8) is 0 Å². The first-order valence-corrected chi connectivity index (χ1v) is 11.9. The molecular formula is C19H38O3Si. The summed E-state index contributed by atoms with van der Waals surface area (Å²) in [7, 11) is -1.83. The number of rotatable bonds is 7. The molecule has 1 heterocycles. The fraction of sp³-hybridized carbons (Fsp3) is 0.895. The zero-order valence-corrected chi connectivity index (χ0v) is 17.6. The molecule has 136 valence electrons. The van der Waals surface area contributed by atoms with Crippen LogP contribution in [0, 0.1) is 0 Å². The average molecular weight is 343 g/mol. The van der Waals surface area contributed by atoms with E-state index < -0.39 is 14.1 Å². The number of unbranched alkanes of at least 4 members (excludes halogenated alkanes) is 1. The van der Waals surface area contributed by atoms with Crippen LogP contribution in [-0.2, 0) is 13.9 Å². The maximum Gasteiger partial charge on any atom is 0.192 e. The van der Waals surface area contributed by atoms with Gasteiger partial charge in [0.15, 0.2) is 14.1 Å². The molecule has 4 heteroatoms. The summed E-state index contributed by atoms with van der Waals surface area (Å²) in [4.78, 5) is 0. The van der Waals surface area contributed by atoms with Crippen LogP contribution in [0.5, 0.6) is 0 Å². The van der Waals surface area contributed by atoms with E-state index in [-0.39, 0.29) is 23.4 Å². The minimum absolute atomic E-state index is 0.104. The Bertz CT molecular complexity index is 385. The lowest BCUT2D eigenvalue weighted by Gasteiger charge is -2.46. The molecule has 0 aromatic carbocycles. The molecule has 1 aliphatic heterocycles. The highest BCUT2D eigenvalue weighted by Crippen LogP contribution is 2.40. The monoisotopic (exact) mass is 342 g/mol. The van der Waals surface area contributed by atoms with Gasteiger partial charge in [-0.2, -0.15) is 0 Å². The van der Waals surface area contributed by atoms with Crippen molar-refractivity contribution in [1.82, 2.24) is 0 Å². The van der Waals surface area contributed by atoms with Gasteiger partial charge >= 0.3 is 0 Å². The van der Waals surface area contributed by atoms with Gasteiger partial charge in [0.25, 0.3) is 0 Å². The predicted octanol–water partition coefficient (Wildman–Crippen LogP) is 5.66. The predicted molar refractivity (Wildman–Crippen MR) is 100 cm³/mol. The molecule has 1 rings (SSSR count). The first-order chi connectivity index (χ1) is 10.4. The van der Waals surface area contributed by atoms with Gasteiger partial charge in [-0.3, -0.25) is 0 Å². The largest absolute Gasteiger partial charge is 0.411 e. The van der Waals surface area contributed by atoms with E-state index in [1.54, 1.807) is 0 Å². The smallest absolute Gasteiger partial charge is 0.192 e. The van der Waals surface area contributed by atoms with Gasteiger partial charge in [0.05, 0.1) is 18.3 Å². The van der Waals surface area contributed by atoms with Gasteiger partial charge in [-0.15, -0.1) is 6.58 Å². The van der Waals surface area contributed by atoms with E-state index in [0.29, 0.717) is 0 Å². The van der Waals surface area contributed by atoms with E-state index in [1.807, 2.05) is 19.9 Å². The van der Waals surface area contributed by atoms with Gasteiger partial charge in [0.2, 0.25) is 0 Å². The first kappa shape index (κ1) is 20.9. The second-order valence-electron chi connectivity index (χ2n) is 8.86. The quantitative estimate of drug-likeness (QED) is 0.339. The molecular weight excluding hydrogens is 304 g/mol. The Hall–Kier alpha value is -0.163. The van der Waals surface area contributed by atoms with E-state index >= 15 is 0 Å². The minimum Gasteiger partial charge on any atom is -0.411 e. The molecule has 3 nitrogen and oxygen atoms in total. The Kier molecular flexibility index (Phi) is 7.09. The normalized spacial score (nSPS) is 26.8. The van der Waals surface area contributed by atoms with Crippen LogP contribution in [-0.4, -0.2) is 32.4 Å². The summed E-state index contributed by atoms with van der Waals surface area (Å²) in [6, 6.07) is 0. The molecule has 3 atom stereocenters. The number of hydrogen-bond acceptors (Lipinski definition) is 3. The van der Waals surface area contributed by atoms with Crippen LogP contribution in [0.3, 0.4) is 0 Å². The number of allylic oxidation sites excluding steroid dienone is 1. The van der Waals surface area contributed by atoms with Crippen LogP contribution in [0.2, 0.25) is 18.1 Å². The lowest BCUT2D eigenvalue weighted by molar-refractivity contribution is -0.308. The van der Waals surface area contributed by atoms with Crippen molar-refractivity contribution in [1.29, 1.82) is 0 Å². The molecule has 23 heavy (non-hydrogen) atoms. The summed E-state index contributed by atoms with van der Waals surface area (Å²) in [6.07, 6.45) is 6.48. The lowest BCUT2D eigenvalue weighted by Crippen LogP contribution is -2.53. The molecule has 1 aliphatic rings. The fourth-order valence-electron chi connectivity index (χ4n) is 2.87. The van der Waals surface area contributed by atoms with Crippen molar-refractivity contribution in [2.75, 3.05) is 0 Å². The van der Waals surface area contributed by atoms with E-state index in [2.05, 4.69) is 47.4 Å². The summed E-state index contributed by atoms with van der Waals surface area (Å²) in [5, 5.41) is 0.204. The Morgan fingerprint density at radius 2 is 1.91 bits per heavy atom. The van der Waals surface area contributed by atoms with Crippen LogP contribution < -0.4 is 0 Å². The maximum atomic E-state index is 6.75. The van der Waals surface area contributed by atoms with Crippen molar-refractivity contribution < 1.29 is 13.9 Å². The van der Waals surface area contributed by atoms with Gasteiger partial charge < -0.3 is 13.9 Å². The van der Waals surface area contributed by atoms with Crippen molar-refractivity contribution in [2.45, 2.75) is 109 Å². The first-order valence-electron chi connectivity index (χ1n) is 9.02.